The van der Waals surface area contributed by atoms with Crippen LogP contribution in [0.4, 0.5) is 0 Å². The molecule has 0 amide bonds. The maximum Gasteiger partial charge on any atom is 1.00 e. The Hall–Kier alpha value is -0.197. The van der Waals surface area contributed by atoms with Crippen LogP contribution < -0.4 is 108 Å². The quantitative estimate of drug-likeness (QED) is 0.0836. The van der Waals surface area contributed by atoms with E-state index in [0.29, 0.717) is 12.8 Å². The maximum absolute atomic E-state index is 11.1. The Bertz CT molecular complexity index is 828. The number of allylic oxidation sites excluding steroid dienone is 1. The van der Waals surface area contributed by atoms with Crippen LogP contribution in [0.25, 0.3) is 0 Å². The molecule has 4 atom stereocenters. The van der Waals surface area contributed by atoms with E-state index < -0.39 is 5.60 Å². The maximum atomic E-state index is 11.1. The van der Waals surface area contributed by atoms with E-state index in [-0.39, 0.29) is 153 Å². The molecule has 4 rings (SSSR count). The fourth-order valence-corrected chi connectivity index (χ4v) is 3.04. The molecule has 0 radical (unpaired) electrons. The van der Waals surface area contributed by atoms with Crippen molar-refractivity contribution in [1.82, 2.24) is 0 Å². The Balaban J connectivity index is -0.000000420. The monoisotopic (exact) mass is 532 g/mol. The first-order valence-electron chi connectivity index (χ1n) is 9.61. The van der Waals surface area contributed by atoms with Gasteiger partial charge < -0.3 is 30.5 Å². The Morgan fingerprint density at radius 3 is 1.94 bits per heavy atom. The van der Waals surface area contributed by atoms with Gasteiger partial charge in [-0.3, -0.25) is 14.4 Å². The zero-order valence-electron chi connectivity index (χ0n) is 21.1. The molecule has 0 aliphatic carbocycles. The topological polar surface area (TPSA) is 155 Å². The SMILES string of the molecule is CC1=CCC(=O)O1.CC1C=CC(=O)O1.CC1OC(=O)CC1C1(C)C=CC(=O)O1.O=CO[O-].[H-].[K+].[K+]. The molecule has 178 valence electrons. The number of rotatable bonds is 2. The van der Waals surface area contributed by atoms with E-state index in [0.717, 1.165) is 5.76 Å². The molecule has 0 saturated carbocycles. The van der Waals surface area contributed by atoms with Crippen LogP contribution in [0.15, 0.2) is 36.1 Å². The molecule has 4 heterocycles. The number of carbonyl (C=O) groups excluding carboxylic acids is 5. The summed E-state index contributed by atoms with van der Waals surface area (Å²) in [5.41, 5.74) is -0.678. The van der Waals surface area contributed by atoms with Gasteiger partial charge in [-0.15, -0.1) is 0 Å². The molecule has 1 saturated heterocycles. The van der Waals surface area contributed by atoms with Gasteiger partial charge in [-0.1, -0.05) is 0 Å². The van der Waals surface area contributed by atoms with Crippen molar-refractivity contribution >= 4 is 30.3 Å². The first-order valence-corrected chi connectivity index (χ1v) is 9.61. The minimum absolute atomic E-state index is 0. The van der Waals surface area contributed by atoms with E-state index >= 15 is 0 Å². The molecule has 34 heavy (non-hydrogen) atoms. The summed E-state index contributed by atoms with van der Waals surface area (Å²) < 4.78 is 19.4. The number of carbonyl (C=O) groups is 5. The average molecular weight is 533 g/mol. The molecule has 4 aliphatic rings. The van der Waals surface area contributed by atoms with E-state index in [9.17, 15) is 19.2 Å². The van der Waals surface area contributed by atoms with Crippen LogP contribution in [0.3, 0.4) is 0 Å². The van der Waals surface area contributed by atoms with Crippen LogP contribution >= 0.6 is 0 Å². The summed E-state index contributed by atoms with van der Waals surface area (Å²) in [6, 6.07) is 0. The molecule has 1 fully saturated rings. The summed E-state index contributed by atoms with van der Waals surface area (Å²) in [7, 11) is 0. The van der Waals surface area contributed by atoms with Gasteiger partial charge in [0, 0.05) is 18.1 Å². The third-order valence-corrected chi connectivity index (χ3v) is 4.55. The molecular formula is C21H26K2O11. The minimum atomic E-state index is -0.678. The van der Waals surface area contributed by atoms with Gasteiger partial charge in [-0.05, 0) is 45.9 Å². The van der Waals surface area contributed by atoms with Crippen molar-refractivity contribution in [2.24, 2.45) is 5.92 Å². The number of hydrogen-bond acceptors (Lipinski definition) is 11. The van der Waals surface area contributed by atoms with Crippen molar-refractivity contribution in [3.05, 3.63) is 36.1 Å². The molecule has 4 unspecified atom stereocenters. The van der Waals surface area contributed by atoms with Crippen molar-refractivity contribution in [2.75, 3.05) is 0 Å². The zero-order valence-corrected chi connectivity index (χ0v) is 26.3. The molecule has 0 bridgehead atoms. The molecule has 0 aromatic heterocycles. The standard InChI is InChI=1S/C10H12O4.2C5H6O2.CH2O3.2K.H/c1-6-7(5-9(12)13-6)10(2)4-3-8(11)14-10;2*1-4-2-3-5(6)7-4;2-1-4-3;;;/h3-4,6-7H,5H2,1-2H3;2H,3H2,1H3;2-4H,1H3;1,3H;;;/q;;;;2*+1;-1/p-1. The van der Waals surface area contributed by atoms with E-state index in [2.05, 4.69) is 14.4 Å². The summed E-state index contributed by atoms with van der Waals surface area (Å²) in [6.07, 6.45) is 8.60. The van der Waals surface area contributed by atoms with Gasteiger partial charge in [0.05, 0.1) is 12.8 Å². The minimum Gasteiger partial charge on any atom is -1.00 e. The van der Waals surface area contributed by atoms with Crippen LogP contribution in [0, 0.1) is 5.92 Å². The molecule has 11 nitrogen and oxygen atoms in total. The zero-order chi connectivity index (χ0) is 24.3. The van der Waals surface area contributed by atoms with E-state index in [1.54, 1.807) is 32.1 Å². The fraction of sp³-hybridized carbons (Fsp3) is 0.476. The summed E-state index contributed by atoms with van der Waals surface area (Å²) in [4.78, 5) is 53.6. The Kier molecular flexibility index (Phi) is 19.2. The van der Waals surface area contributed by atoms with Gasteiger partial charge >= 0.3 is 127 Å². The molecule has 0 aromatic rings. The largest absolute Gasteiger partial charge is 1.00 e. The first kappa shape index (κ1) is 36.0. The third kappa shape index (κ3) is 13.2. The van der Waals surface area contributed by atoms with Crippen molar-refractivity contribution in [3.8, 4) is 0 Å². The van der Waals surface area contributed by atoms with Crippen LogP contribution in [-0.4, -0.2) is 48.2 Å². The molecule has 0 aromatic carbocycles. The van der Waals surface area contributed by atoms with Crippen molar-refractivity contribution in [2.45, 2.75) is 58.3 Å². The Morgan fingerprint density at radius 1 is 1.09 bits per heavy atom. The van der Waals surface area contributed by atoms with Crippen LogP contribution in [0.2, 0.25) is 0 Å². The number of cyclic esters (lactones) is 4. The van der Waals surface area contributed by atoms with Crippen LogP contribution in [0.1, 0.15) is 42.0 Å². The molecule has 4 aliphatic heterocycles. The number of ether oxygens (including phenoxy) is 4. The summed E-state index contributed by atoms with van der Waals surface area (Å²) in [5, 5.41) is 8.43. The van der Waals surface area contributed by atoms with Crippen LogP contribution in [0.5, 0.6) is 0 Å². The van der Waals surface area contributed by atoms with Gasteiger partial charge in [0.25, 0.3) is 6.47 Å². The molecule has 13 heteroatoms. The molecule has 0 spiro atoms. The normalized spacial score (nSPS) is 27.3. The Morgan fingerprint density at radius 2 is 1.71 bits per heavy atom. The second-order valence-electron chi connectivity index (χ2n) is 7.13. The predicted octanol–water partition coefficient (Wildman–Crippen LogP) is -5.31. The van der Waals surface area contributed by atoms with Crippen LogP contribution in [-0.2, 0) is 47.8 Å². The van der Waals surface area contributed by atoms with Gasteiger partial charge in [0.1, 0.15) is 23.6 Å². The Labute approximate surface area is 283 Å². The van der Waals surface area contributed by atoms with Gasteiger partial charge in [0.2, 0.25) is 0 Å². The van der Waals surface area contributed by atoms with E-state index in [1.165, 1.54) is 12.2 Å². The second kappa shape index (κ2) is 18.1. The molecular weight excluding hydrogens is 506 g/mol. The van der Waals surface area contributed by atoms with Crippen molar-refractivity contribution < 1.29 is 157 Å². The van der Waals surface area contributed by atoms with Gasteiger partial charge in [0.15, 0.2) is 0 Å². The van der Waals surface area contributed by atoms with E-state index in [4.69, 9.17) is 19.5 Å². The number of esters is 4. The smallest absolute Gasteiger partial charge is 1.00 e. The first-order chi connectivity index (χ1) is 15.0. The van der Waals surface area contributed by atoms with Gasteiger partial charge in [-0.25, -0.2) is 9.59 Å². The summed E-state index contributed by atoms with van der Waals surface area (Å²) >= 11 is 0. The fourth-order valence-electron chi connectivity index (χ4n) is 3.04. The van der Waals surface area contributed by atoms with Gasteiger partial charge in [-0.2, -0.15) is 0 Å². The average Bonchev–Trinajstić information content (AvgIpc) is 3.47. The number of hydrogen-bond donors (Lipinski definition) is 0. The van der Waals surface area contributed by atoms with Crippen molar-refractivity contribution in [3.63, 3.8) is 0 Å². The second-order valence-corrected chi connectivity index (χ2v) is 7.13. The predicted molar refractivity (Wildman–Crippen MR) is 105 cm³/mol. The third-order valence-electron chi connectivity index (χ3n) is 4.55. The van der Waals surface area contributed by atoms with Crippen molar-refractivity contribution in [1.29, 1.82) is 0 Å². The summed E-state index contributed by atoms with van der Waals surface area (Å²) in [5.74, 6) is -0.285. The molecule has 0 N–H and O–H groups in total. The summed E-state index contributed by atoms with van der Waals surface area (Å²) in [6.45, 7) is 7.03. The van der Waals surface area contributed by atoms with E-state index in [1.807, 2.05) is 13.8 Å².